The Bertz CT molecular complexity index is 366. The zero-order valence-corrected chi connectivity index (χ0v) is 10.5. The fourth-order valence-corrected chi connectivity index (χ4v) is 2.59. The molecule has 84 valence electrons. The van der Waals surface area contributed by atoms with Gasteiger partial charge in [-0.3, -0.25) is 0 Å². The van der Waals surface area contributed by atoms with E-state index in [0.29, 0.717) is 0 Å². The third-order valence-electron chi connectivity index (χ3n) is 2.14. The molecule has 0 saturated heterocycles. The molecule has 0 aliphatic rings. The predicted octanol–water partition coefficient (Wildman–Crippen LogP) is 3.90. The summed E-state index contributed by atoms with van der Waals surface area (Å²) < 4.78 is 37.6. The molecule has 0 amide bonds. The maximum Gasteiger partial charge on any atom is 0.417 e. The lowest BCUT2D eigenvalue weighted by atomic mass is 10.2. The number of hydrogen-bond acceptors (Lipinski definition) is 0. The molecule has 15 heavy (non-hydrogen) atoms. The van der Waals surface area contributed by atoms with E-state index in [1.165, 1.54) is 12.1 Å². The standard InChI is InChI=1S/C10H12ClF3Si/c1-15(2,3)7-4-5-9(11)8(6-7)10(12,13)14/h4-6H,1-3H3. The fourth-order valence-electron chi connectivity index (χ4n) is 1.21. The number of benzene rings is 1. The molecule has 1 aromatic carbocycles. The summed E-state index contributed by atoms with van der Waals surface area (Å²) in [5.41, 5.74) is -0.732. The summed E-state index contributed by atoms with van der Waals surface area (Å²) in [6, 6.07) is 4.19. The molecule has 0 bridgehead atoms. The van der Waals surface area contributed by atoms with Crippen molar-refractivity contribution in [3.8, 4) is 0 Å². The summed E-state index contributed by atoms with van der Waals surface area (Å²) in [5.74, 6) is 0. The van der Waals surface area contributed by atoms with E-state index in [-0.39, 0.29) is 5.02 Å². The Kier molecular flexibility index (Phi) is 3.21. The van der Waals surface area contributed by atoms with Crippen LogP contribution in [0.15, 0.2) is 18.2 Å². The van der Waals surface area contributed by atoms with Gasteiger partial charge in [-0.05, 0) is 12.1 Å². The van der Waals surface area contributed by atoms with Crippen molar-refractivity contribution in [2.24, 2.45) is 0 Å². The third-order valence-corrected chi connectivity index (χ3v) is 4.51. The molecule has 1 rings (SSSR count). The van der Waals surface area contributed by atoms with Crippen LogP contribution in [-0.4, -0.2) is 8.07 Å². The average Bonchev–Trinajstić information content (AvgIpc) is 2.00. The van der Waals surface area contributed by atoms with Crippen LogP contribution in [0, 0.1) is 0 Å². The van der Waals surface area contributed by atoms with Crippen LogP contribution in [0.25, 0.3) is 0 Å². The Balaban J connectivity index is 3.30. The van der Waals surface area contributed by atoms with Gasteiger partial charge in [-0.1, -0.05) is 42.5 Å². The predicted molar refractivity (Wildman–Crippen MR) is 59.4 cm³/mol. The highest BCUT2D eigenvalue weighted by Crippen LogP contribution is 2.34. The van der Waals surface area contributed by atoms with Crippen molar-refractivity contribution < 1.29 is 13.2 Å². The van der Waals surface area contributed by atoms with E-state index in [9.17, 15) is 13.2 Å². The summed E-state index contributed by atoms with van der Waals surface area (Å²) in [6.07, 6.45) is -4.37. The topological polar surface area (TPSA) is 0 Å². The van der Waals surface area contributed by atoms with Crippen LogP contribution >= 0.6 is 11.6 Å². The summed E-state index contributed by atoms with van der Waals surface area (Å²) >= 11 is 5.53. The molecule has 0 aliphatic carbocycles. The maximum absolute atomic E-state index is 12.5. The second kappa shape index (κ2) is 3.83. The molecule has 0 nitrogen and oxygen atoms in total. The monoisotopic (exact) mass is 252 g/mol. The molecule has 0 aliphatic heterocycles. The van der Waals surface area contributed by atoms with Crippen molar-refractivity contribution >= 4 is 24.9 Å². The maximum atomic E-state index is 12.5. The number of halogens is 4. The lowest BCUT2D eigenvalue weighted by Crippen LogP contribution is -2.38. The van der Waals surface area contributed by atoms with E-state index < -0.39 is 19.8 Å². The lowest BCUT2D eigenvalue weighted by molar-refractivity contribution is -0.137. The van der Waals surface area contributed by atoms with Crippen LogP contribution in [0.3, 0.4) is 0 Å². The Hall–Kier alpha value is -0.483. The number of alkyl halides is 3. The molecule has 0 heterocycles. The molecule has 0 unspecified atom stereocenters. The zero-order valence-electron chi connectivity index (χ0n) is 8.74. The van der Waals surface area contributed by atoms with E-state index in [1.807, 2.05) is 19.6 Å². The number of hydrogen-bond donors (Lipinski definition) is 0. The molecular formula is C10H12ClF3Si. The molecule has 0 fully saturated rings. The van der Waals surface area contributed by atoms with Gasteiger partial charge < -0.3 is 0 Å². The van der Waals surface area contributed by atoms with Gasteiger partial charge in [0, 0.05) is 0 Å². The second-order valence-electron chi connectivity index (χ2n) is 4.44. The summed E-state index contributed by atoms with van der Waals surface area (Å²) in [6.45, 7) is 5.99. The van der Waals surface area contributed by atoms with Crippen LogP contribution in [-0.2, 0) is 6.18 Å². The Morgan fingerprint density at radius 1 is 1.13 bits per heavy atom. The molecular weight excluding hydrogens is 241 g/mol. The normalized spacial score (nSPS) is 13.0. The molecule has 0 spiro atoms. The minimum absolute atomic E-state index is 0.232. The summed E-state index contributed by atoms with van der Waals surface area (Å²) in [7, 11) is -1.73. The van der Waals surface area contributed by atoms with E-state index >= 15 is 0 Å². The van der Waals surface area contributed by atoms with Gasteiger partial charge in [0.05, 0.1) is 18.7 Å². The van der Waals surface area contributed by atoms with Crippen molar-refractivity contribution in [2.75, 3.05) is 0 Å². The first-order valence-electron chi connectivity index (χ1n) is 4.49. The molecule has 5 heteroatoms. The van der Waals surface area contributed by atoms with Gasteiger partial charge in [-0.25, -0.2) is 0 Å². The van der Waals surface area contributed by atoms with Crippen LogP contribution < -0.4 is 5.19 Å². The first-order valence-corrected chi connectivity index (χ1v) is 8.37. The van der Waals surface area contributed by atoms with Crippen LogP contribution in [0.1, 0.15) is 5.56 Å². The van der Waals surface area contributed by atoms with E-state index in [4.69, 9.17) is 11.6 Å². The Labute approximate surface area is 93.1 Å². The molecule has 1 aromatic rings. The van der Waals surface area contributed by atoms with Crippen molar-refractivity contribution in [3.05, 3.63) is 28.8 Å². The van der Waals surface area contributed by atoms with Gasteiger partial charge in [-0.2, -0.15) is 13.2 Å². The van der Waals surface area contributed by atoms with Gasteiger partial charge >= 0.3 is 6.18 Å². The first-order chi connectivity index (χ1) is 6.62. The minimum Gasteiger partial charge on any atom is -0.166 e. The van der Waals surface area contributed by atoms with Gasteiger partial charge in [-0.15, -0.1) is 0 Å². The highest BCUT2D eigenvalue weighted by atomic mass is 35.5. The van der Waals surface area contributed by atoms with E-state index in [2.05, 4.69) is 0 Å². The zero-order chi connectivity index (χ0) is 11.9. The van der Waals surface area contributed by atoms with Gasteiger partial charge in [0.1, 0.15) is 0 Å². The highest BCUT2D eigenvalue weighted by Gasteiger charge is 2.34. The van der Waals surface area contributed by atoms with Crippen molar-refractivity contribution in [1.82, 2.24) is 0 Å². The van der Waals surface area contributed by atoms with Crippen LogP contribution in [0.2, 0.25) is 24.7 Å². The quantitative estimate of drug-likeness (QED) is 0.665. The Morgan fingerprint density at radius 3 is 2.07 bits per heavy atom. The van der Waals surface area contributed by atoms with Crippen molar-refractivity contribution in [2.45, 2.75) is 25.8 Å². The van der Waals surface area contributed by atoms with E-state index in [1.54, 1.807) is 6.07 Å². The summed E-state index contributed by atoms with van der Waals surface area (Å²) in [5, 5.41) is 0.531. The van der Waals surface area contributed by atoms with Gasteiger partial charge in [0.2, 0.25) is 0 Å². The van der Waals surface area contributed by atoms with Crippen molar-refractivity contribution in [3.63, 3.8) is 0 Å². The largest absolute Gasteiger partial charge is 0.417 e. The molecule has 0 atom stereocenters. The smallest absolute Gasteiger partial charge is 0.166 e. The summed E-state index contributed by atoms with van der Waals surface area (Å²) in [4.78, 5) is 0. The van der Waals surface area contributed by atoms with Crippen LogP contribution in [0.4, 0.5) is 13.2 Å². The van der Waals surface area contributed by atoms with Gasteiger partial charge in [0.15, 0.2) is 0 Å². The molecule has 0 saturated carbocycles. The fraction of sp³-hybridized carbons (Fsp3) is 0.400. The van der Waals surface area contributed by atoms with Crippen molar-refractivity contribution in [1.29, 1.82) is 0 Å². The molecule has 0 aromatic heterocycles. The Morgan fingerprint density at radius 2 is 1.67 bits per heavy atom. The number of rotatable bonds is 1. The SMILES string of the molecule is C[Si](C)(C)c1ccc(Cl)c(C(F)(F)F)c1. The first kappa shape index (κ1) is 12.6. The van der Waals surface area contributed by atoms with Crippen LogP contribution in [0.5, 0.6) is 0 Å². The van der Waals surface area contributed by atoms with E-state index in [0.717, 1.165) is 5.19 Å². The second-order valence-corrected chi connectivity index (χ2v) is 9.93. The average molecular weight is 253 g/mol. The molecule has 0 N–H and O–H groups in total. The minimum atomic E-state index is -4.37. The highest BCUT2D eigenvalue weighted by molar-refractivity contribution is 6.88. The third kappa shape index (κ3) is 2.98. The molecule has 0 radical (unpaired) electrons. The van der Waals surface area contributed by atoms with Gasteiger partial charge in [0.25, 0.3) is 0 Å². The lowest BCUT2D eigenvalue weighted by Gasteiger charge is -2.19.